The van der Waals surface area contributed by atoms with Gasteiger partial charge in [-0.15, -0.1) is 0 Å². The number of methoxy groups -OCH3 is 2. The van der Waals surface area contributed by atoms with Crippen molar-refractivity contribution in [1.82, 2.24) is 10.1 Å². The smallest absolute Gasteiger partial charge is 0.223 e. The fraction of sp³-hybridized carbons (Fsp3) is 0.190. The van der Waals surface area contributed by atoms with E-state index >= 15 is 0 Å². The number of ketones is 1. The molecule has 0 aliphatic heterocycles. The van der Waals surface area contributed by atoms with Gasteiger partial charge in [0.05, 0.1) is 19.8 Å². The van der Waals surface area contributed by atoms with Crippen LogP contribution in [0.2, 0.25) is 0 Å². The van der Waals surface area contributed by atoms with Gasteiger partial charge in [0.15, 0.2) is 12.4 Å². The van der Waals surface area contributed by atoms with E-state index in [9.17, 15) is 4.79 Å². The summed E-state index contributed by atoms with van der Waals surface area (Å²) < 4.78 is 20.9. The van der Waals surface area contributed by atoms with E-state index in [0.29, 0.717) is 34.5 Å². The van der Waals surface area contributed by atoms with Crippen molar-refractivity contribution in [2.75, 3.05) is 14.2 Å². The SMILES string of the molecule is COc1ccc(C(=O)C=Cc2ccc(OCc3noc(C)n3)cc2)c(OC)c1. The van der Waals surface area contributed by atoms with Crippen molar-refractivity contribution in [3.8, 4) is 17.2 Å². The zero-order valence-corrected chi connectivity index (χ0v) is 15.8. The second-order valence-corrected chi connectivity index (χ2v) is 5.85. The Hall–Kier alpha value is -3.61. The minimum Gasteiger partial charge on any atom is -0.497 e. The molecule has 0 saturated carbocycles. The Bertz CT molecular complexity index is 977. The Morgan fingerprint density at radius 2 is 1.82 bits per heavy atom. The normalized spacial score (nSPS) is 10.8. The summed E-state index contributed by atoms with van der Waals surface area (Å²) in [5, 5.41) is 3.77. The molecule has 3 rings (SSSR count). The van der Waals surface area contributed by atoms with E-state index in [-0.39, 0.29) is 12.4 Å². The van der Waals surface area contributed by atoms with E-state index in [1.807, 2.05) is 24.3 Å². The fourth-order valence-corrected chi connectivity index (χ4v) is 2.49. The summed E-state index contributed by atoms with van der Waals surface area (Å²) >= 11 is 0. The molecule has 0 bridgehead atoms. The summed E-state index contributed by atoms with van der Waals surface area (Å²) in [5.41, 5.74) is 1.33. The number of carbonyl (C=O) groups excluding carboxylic acids is 1. The zero-order valence-electron chi connectivity index (χ0n) is 15.8. The summed E-state index contributed by atoms with van der Waals surface area (Å²) in [6, 6.07) is 12.4. The molecule has 2 aromatic carbocycles. The maximum Gasteiger partial charge on any atom is 0.223 e. The first-order valence-electron chi connectivity index (χ1n) is 8.55. The molecule has 28 heavy (non-hydrogen) atoms. The topological polar surface area (TPSA) is 83.7 Å². The third-order valence-corrected chi connectivity index (χ3v) is 3.92. The van der Waals surface area contributed by atoms with Gasteiger partial charge in [-0.05, 0) is 35.9 Å². The zero-order chi connectivity index (χ0) is 19.9. The van der Waals surface area contributed by atoms with Crippen molar-refractivity contribution in [2.24, 2.45) is 0 Å². The molecule has 0 fully saturated rings. The van der Waals surface area contributed by atoms with Crippen molar-refractivity contribution in [3.63, 3.8) is 0 Å². The predicted molar refractivity (Wildman–Crippen MR) is 103 cm³/mol. The number of rotatable bonds is 8. The highest BCUT2D eigenvalue weighted by atomic mass is 16.5. The van der Waals surface area contributed by atoms with Gasteiger partial charge in [0.2, 0.25) is 11.7 Å². The molecule has 7 nitrogen and oxygen atoms in total. The molecule has 0 aliphatic rings. The van der Waals surface area contributed by atoms with Gasteiger partial charge >= 0.3 is 0 Å². The lowest BCUT2D eigenvalue weighted by Crippen LogP contribution is -1.99. The van der Waals surface area contributed by atoms with Gasteiger partial charge < -0.3 is 18.7 Å². The first-order chi connectivity index (χ1) is 13.6. The molecule has 1 heterocycles. The first kappa shape index (κ1) is 19.2. The van der Waals surface area contributed by atoms with Gasteiger partial charge in [0.1, 0.15) is 17.2 Å². The molecule has 1 aromatic heterocycles. The Labute approximate surface area is 162 Å². The van der Waals surface area contributed by atoms with E-state index in [0.717, 1.165) is 5.56 Å². The molecule has 0 unspecified atom stereocenters. The average molecular weight is 380 g/mol. The summed E-state index contributed by atoms with van der Waals surface area (Å²) in [7, 11) is 3.08. The monoisotopic (exact) mass is 380 g/mol. The van der Waals surface area contributed by atoms with E-state index in [2.05, 4.69) is 10.1 Å². The molecule has 7 heteroatoms. The number of aryl methyl sites for hydroxylation is 1. The van der Waals surface area contributed by atoms with Gasteiger partial charge in [-0.1, -0.05) is 23.4 Å². The molecule has 0 radical (unpaired) electrons. The summed E-state index contributed by atoms with van der Waals surface area (Å²) in [5.74, 6) is 2.59. The van der Waals surface area contributed by atoms with Crippen molar-refractivity contribution >= 4 is 11.9 Å². The molecule has 0 amide bonds. The average Bonchev–Trinajstić information content (AvgIpc) is 3.15. The van der Waals surface area contributed by atoms with Crippen LogP contribution in [-0.4, -0.2) is 30.1 Å². The fourth-order valence-electron chi connectivity index (χ4n) is 2.49. The Morgan fingerprint density at radius 1 is 1.07 bits per heavy atom. The van der Waals surface area contributed by atoms with Crippen molar-refractivity contribution in [3.05, 3.63) is 71.4 Å². The molecular formula is C21H20N2O5. The number of aromatic nitrogens is 2. The number of nitrogens with zero attached hydrogens (tertiary/aromatic N) is 2. The highest BCUT2D eigenvalue weighted by molar-refractivity contribution is 6.08. The highest BCUT2D eigenvalue weighted by Gasteiger charge is 2.10. The van der Waals surface area contributed by atoms with Gasteiger partial charge in [0, 0.05) is 13.0 Å². The van der Waals surface area contributed by atoms with Crippen LogP contribution in [0.15, 0.2) is 53.1 Å². The van der Waals surface area contributed by atoms with Crippen LogP contribution >= 0.6 is 0 Å². The summed E-state index contributed by atoms with van der Waals surface area (Å²) in [6.07, 6.45) is 3.24. The maximum atomic E-state index is 12.5. The Balaban J connectivity index is 1.63. The Kier molecular flexibility index (Phi) is 6.06. The molecule has 0 saturated heterocycles. The van der Waals surface area contributed by atoms with Crippen molar-refractivity contribution in [2.45, 2.75) is 13.5 Å². The second kappa shape index (κ2) is 8.85. The number of hydrogen-bond acceptors (Lipinski definition) is 7. The number of allylic oxidation sites excluding steroid dienone is 1. The van der Waals surface area contributed by atoms with Crippen LogP contribution in [0.5, 0.6) is 17.2 Å². The van der Waals surface area contributed by atoms with Crippen molar-refractivity contribution in [1.29, 1.82) is 0 Å². The van der Waals surface area contributed by atoms with Gasteiger partial charge in [0.25, 0.3) is 0 Å². The lowest BCUT2D eigenvalue weighted by Gasteiger charge is -2.08. The molecule has 3 aromatic rings. The Morgan fingerprint density at radius 3 is 2.46 bits per heavy atom. The van der Waals surface area contributed by atoms with Gasteiger partial charge in [-0.2, -0.15) is 4.98 Å². The van der Waals surface area contributed by atoms with Crippen LogP contribution in [0.4, 0.5) is 0 Å². The summed E-state index contributed by atoms with van der Waals surface area (Å²) in [6.45, 7) is 1.95. The molecule has 0 spiro atoms. The van der Waals surface area contributed by atoms with E-state index < -0.39 is 0 Å². The highest BCUT2D eigenvalue weighted by Crippen LogP contribution is 2.25. The third-order valence-electron chi connectivity index (χ3n) is 3.92. The van der Waals surface area contributed by atoms with Crippen LogP contribution in [0, 0.1) is 6.92 Å². The van der Waals surface area contributed by atoms with Gasteiger partial charge in [-0.3, -0.25) is 4.79 Å². The predicted octanol–water partition coefficient (Wildman–Crippen LogP) is 3.87. The van der Waals surface area contributed by atoms with E-state index in [1.54, 1.807) is 38.3 Å². The largest absolute Gasteiger partial charge is 0.497 e. The summed E-state index contributed by atoms with van der Waals surface area (Å²) in [4.78, 5) is 16.5. The van der Waals surface area contributed by atoms with Crippen LogP contribution < -0.4 is 14.2 Å². The molecular weight excluding hydrogens is 360 g/mol. The molecule has 0 aliphatic carbocycles. The third kappa shape index (κ3) is 4.76. The first-order valence-corrected chi connectivity index (χ1v) is 8.55. The van der Waals surface area contributed by atoms with E-state index in [1.165, 1.54) is 13.2 Å². The molecule has 0 N–H and O–H groups in total. The van der Waals surface area contributed by atoms with Crippen LogP contribution in [0.1, 0.15) is 27.6 Å². The molecule has 144 valence electrons. The lowest BCUT2D eigenvalue weighted by molar-refractivity contribution is 0.104. The lowest BCUT2D eigenvalue weighted by atomic mass is 10.1. The second-order valence-electron chi connectivity index (χ2n) is 5.85. The van der Waals surface area contributed by atoms with Crippen LogP contribution in [0.25, 0.3) is 6.08 Å². The number of carbonyl (C=O) groups is 1. The minimum atomic E-state index is -0.160. The standard InChI is InChI=1S/C21H20N2O5/c1-14-22-21(23-28-14)13-27-16-7-4-15(5-8-16)6-11-19(24)18-10-9-17(25-2)12-20(18)26-3/h4-12H,13H2,1-3H3. The minimum absolute atomic E-state index is 0.160. The number of hydrogen-bond donors (Lipinski definition) is 0. The van der Waals surface area contributed by atoms with E-state index in [4.69, 9.17) is 18.7 Å². The van der Waals surface area contributed by atoms with Gasteiger partial charge in [-0.25, -0.2) is 0 Å². The number of ether oxygens (including phenoxy) is 3. The van der Waals surface area contributed by atoms with Crippen molar-refractivity contribution < 1.29 is 23.5 Å². The molecule has 0 atom stereocenters. The number of benzene rings is 2. The maximum absolute atomic E-state index is 12.5. The quantitative estimate of drug-likeness (QED) is 0.433. The van der Waals surface area contributed by atoms with Crippen LogP contribution in [0.3, 0.4) is 0 Å². The van der Waals surface area contributed by atoms with Crippen LogP contribution in [-0.2, 0) is 6.61 Å².